The molecule has 78 valence electrons. The molecule has 7 nitrogen and oxygen atoms in total. The standard InChI is InChI=1S/C6H5NO2.Na.H2O4S/c8-7(9)6-4-2-1-3-5-6;;1-5(2,3)4/h1-5H;;(H2,1,2,3,4)/q;+1;/p-1. The summed E-state index contributed by atoms with van der Waals surface area (Å²) in [5.41, 5.74) is 0.137. The van der Waals surface area contributed by atoms with Crippen molar-refractivity contribution < 1.29 is 52.0 Å². The number of non-ortho nitro benzene ring substituents is 1. The Bertz CT molecular complexity index is 383. The molecule has 0 radical (unpaired) electrons. The van der Waals surface area contributed by atoms with E-state index in [1.54, 1.807) is 18.2 Å². The molecule has 0 aliphatic carbocycles. The minimum atomic E-state index is -4.92. The quantitative estimate of drug-likeness (QED) is 0.193. The van der Waals surface area contributed by atoms with Crippen LogP contribution in [0.25, 0.3) is 0 Å². The molecular weight excluding hydrogens is 237 g/mol. The molecule has 1 N–H and O–H groups in total. The first-order valence-electron chi connectivity index (χ1n) is 3.18. The van der Waals surface area contributed by atoms with Crippen LogP contribution in [0.3, 0.4) is 0 Å². The number of nitrogens with zero attached hydrogens (tertiary/aromatic N) is 1. The Hall–Kier alpha value is -0.510. The Morgan fingerprint density at radius 3 is 1.73 bits per heavy atom. The van der Waals surface area contributed by atoms with Crippen LogP contribution in [-0.4, -0.2) is 22.4 Å². The van der Waals surface area contributed by atoms with Gasteiger partial charge in [-0.15, -0.1) is 0 Å². The van der Waals surface area contributed by atoms with Gasteiger partial charge in [0.2, 0.25) is 10.4 Å². The van der Waals surface area contributed by atoms with E-state index in [1.807, 2.05) is 0 Å². The van der Waals surface area contributed by atoms with Crippen LogP contribution in [0.5, 0.6) is 0 Å². The van der Waals surface area contributed by atoms with E-state index in [0.29, 0.717) is 0 Å². The fraction of sp³-hybridized carbons (Fsp3) is 0. The van der Waals surface area contributed by atoms with E-state index in [0.717, 1.165) is 0 Å². The fourth-order valence-electron chi connectivity index (χ4n) is 0.550. The first-order valence-corrected chi connectivity index (χ1v) is 4.55. The molecule has 0 aliphatic heterocycles. The third kappa shape index (κ3) is 13.5. The van der Waals surface area contributed by atoms with Crippen LogP contribution >= 0.6 is 0 Å². The molecule has 0 atom stereocenters. The van der Waals surface area contributed by atoms with Crippen molar-refractivity contribution in [3.8, 4) is 0 Å². The van der Waals surface area contributed by atoms with Gasteiger partial charge >= 0.3 is 29.6 Å². The summed E-state index contributed by atoms with van der Waals surface area (Å²) in [7, 11) is -4.92. The summed E-state index contributed by atoms with van der Waals surface area (Å²) >= 11 is 0. The summed E-state index contributed by atoms with van der Waals surface area (Å²) in [6.07, 6.45) is 0. The van der Waals surface area contributed by atoms with Gasteiger partial charge in [-0.2, -0.15) is 0 Å². The largest absolute Gasteiger partial charge is 1.00 e. The topological polar surface area (TPSA) is 121 Å². The molecule has 0 spiro atoms. The van der Waals surface area contributed by atoms with Crippen molar-refractivity contribution in [2.24, 2.45) is 0 Å². The number of benzene rings is 1. The molecule has 0 saturated carbocycles. The molecular formula is C6H6NNaO6S. The van der Waals surface area contributed by atoms with Crippen LogP contribution in [0, 0.1) is 10.1 Å². The van der Waals surface area contributed by atoms with Crippen LogP contribution in [0.1, 0.15) is 0 Å². The minimum Gasteiger partial charge on any atom is -0.726 e. The van der Waals surface area contributed by atoms with Crippen molar-refractivity contribution in [1.82, 2.24) is 0 Å². The maximum atomic E-state index is 10.0. The van der Waals surface area contributed by atoms with Crippen LogP contribution in [0.2, 0.25) is 0 Å². The predicted octanol–water partition coefficient (Wildman–Crippen LogP) is -2.40. The van der Waals surface area contributed by atoms with E-state index < -0.39 is 15.3 Å². The van der Waals surface area contributed by atoms with Gasteiger partial charge in [0.25, 0.3) is 5.69 Å². The zero-order valence-corrected chi connectivity index (χ0v) is 10.5. The summed E-state index contributed by atoms with van der Waals surface area (Å²) in [5.74, 6) is 0. The SMILES string of the molecule is O=S(=O)([O-])O.O=[N+]([O-])c1ccccc1.[Na+]. The van der Waals surface area contributed by atoms with Crippen LogP contribution < -0.4 is 29.6 Å². The van der Waals surface area contributed by atoms with E-state index in [9.17, 15) is 10.1 Å². The minimum absolute atomic E-state index is 0. The molecule has 0 fully saturated rings. The first kappa shape index (κ1) is 16.9. The van der Waals surface area contributed by atoms with Crippen molar-refractivity contribution in [2.75, 3.05) is 0 Å². The monoisotopic (exact) mass is 243 g/mol. The number of rotatable bonds is 1. The zero-order chi connectivity index (χ0) is 11.2. The van der Waals surface area contributed by atoms with Crippen molar-refractivity contribution >= 4 is 16.1 Å². The summed E-state index contributed by atoms with van der Waals surface area (Å²) in [6.45, 7) is 0. The van der Waals surface area contributed by atoms with E-state index in [1.165, 1.54) is 12.1 Å². The molecule has 0 saturated heterocycles. The fourth-order valence-corrected chi connectivity index (χ4v) is 0.550. The van der Waals surface area contributed by atoms with E-state index in [4.69, 9.17) is 17.5 Å². The number of para-hydroxylation sites is 1. The van der Waals surface area contributed by atoms with Crippen molar-refractivity contribution in [3.05, 3.63) is 40.4 Å². The Balaban J connectivity index is 0. The number of nitro benzene ring substituents is 1. The van der Waals surface area contributed by atoms with E-state index in [-0.39, 0.29) is 35.2 Å². The first-order chi connectivity index (χ1) is 6.30. The van der Waals surface area contributed by atoms with Gasteiger partial charge in [0, 0.05) is 12.1 Å². The van der Waals surface area contributed by atoms with Gasteiger partial charge in [-0.3, -0.25) is 14.7 Å². The molecule has 15 heavy (non-hydrogen) atoms. The number of nitro groups is 1. The van der Waals surface area contributed by atoms with Gasteiger partial charge in [0.05, 0.1) is 4.92 Å². The third-order valence-electron chi connectivity index (χ3n) is 0.967. The van der Waals surface area contributed by atoms with Crippen molar-refractivity contribution in [2.45, 2.75) is 0 Å². The Morgan fingerprint density at radius 1 is 1.20 bits per heavy atom. The van der Waals surface area contributed by atoms with Crippen LogP contribution in [0.15, 0.2) is 30.3 Å². The summed E-state index contributed by atoms with van der Waals surface area (Å²) in [6, 6.07) is 7.93. The summed E-state index contributed by atoms with van der Waals surface area (Å²) in [5, 5.41) is 10.0. The average molecular weight is 243 g/mol. The van der Waals surface area contributed by atoms with Crippen molar-refractivity contribution in [3.63, 3.8) is 0 Å². The second kappa shape index (κ2) is 7.74. The zero-order valence-electron chi connectivity index (χ0n) is 7.73. The maximum absolute atomic E-state index is 10.0. The number of hydrogen-bond acceptors (Lipinski definition) is 5. The smallest absolute Gasteiger partial charge is 0.726 e. The molecule has 0 bridgehead atoms. The van der Waals surface area contributed by atoms with Gasteiger partial charge in [0.15, 0.2) is 0 Å². The van der Waals surface area contributed by atoms with Crippen LogP contribution in [0.4, 0.5) is 5.69 Å². The maximum Gasteiger partial charge on any atom is 1.00 e. The van der Waals surface area contributed by atoms with E-state index in [2.05, 4.69) is 0 Å². The summed E-state index contributed by atoms with van der Waals surface area (Å²) < 4.78 is 32.8. The molecule has 1 rings (SSSR count). The molecule has 0 heterocycles. The second-order valence-corrected chi connectivity index (χ2v) is 2.88. The molecule has 0 aromatic heterocycles. The third-order valence-corrected chi connectivity index (χ3v) is 0.967. The Kier molecular flexibility index (Phi) is 8.72. The van der Waals surface area contributed by atoms with Crippen molar-refractivity contribution in [1.29, 1.82) is 0 Å². The van der Waals surface area contributed by atoms with Gasteiger partial charge in [-0.1, -0.05) is 18.2 Å². The number of hydrogen-bond donors (Lipinski definition) is 1. The summed E-state index contributed by atoms with van der Waals surface area (Å²) in [4.78, 5) is 9.59. The van der Waals surface area contributed by atoms with Crippen LogP contribution in [-0.2, 0) is 10.4 Å². The van der Waals surface area contributed by atoms with Gasteiger partial charge < -0.3 is 4.55 Å². The normalized spacial score (nSPS) is 9.20. The van der Waals surface area contributed by atoms with Gasteiger partial charge in [-0.25, -0.2) is 8.42 Å². The van der Waals surface area contributed by atoms with E-state index >= 15 is 0 Å². The molecule has 0 aliphatic rings. The predicted molar refractivity (Wildman–Crippen MR) is 45.4 cm³/mol. The molecule has 1 aromatic carbocycles. The van der Waals surface area contributed by atoms with Gasteiger partial charge in [-0.05, 0) is 0 Å². The van der Waals surface area contributed by atoms with Gasteiger partial charge in [0.1, 0.15) is 0 Å². The second-order valence-electron chi connectivity index (χ2n) is 2.02. The molecule has 0 amide bonds. The molecule has 9 heteroatoms. The Morgan fingerprint density at radius 2 is 1.53 bits per heavy atom. The molecule has 0 unspecified atom stereocenters. The average Bonchev–Trinajstić information content (AvgIpc) is 2.03. The Labute approximate surface area is 108 Å². The molecule has 1 aromatic rings.